The molecule has 1 aliphatic rings. The van der Waals surface area contributed by atoms with Crippen LogP contribution < -0.4 is 11.3 Å². The van der Waals surface area contributed by atoms with Crippen LogP contribution in [-0.2, 0) is 4.79 Å². The van der Waals surface area contributed by atoms with E-state index in [1.807, 2.05) is 13.8 Å². The van der Waals surface area contributed by atoms with Crippen molar-refractivity contribution in [2.75, 3.05) is 6.54 Å². The summed E-state index contributed by atoms with van der Waals surface area (Å²) in [6, 6.07) is 1.20. The third-order valence-electron chi connectivity index (χ3n) is 3.75. The largest absolute Gasteiger partial charge is 0.297 e. The van der Waals surface area contributed by atoms with Crippen LogP contribution in [0.1, 0.15) is 47.0 Å². The number of hydrogen-bond acceptors (Lipinski definition) is 3. The molecule has 1 heterocycles. The molecule has 1 rings (SSSR count). The van der Waals surface area contributed by atoms with Gasteiger partial charge in [0.25, 0.3) is 0 Å². The fourth-order valence-electron chi connectivity index (χ4n) is 2.57. The number of hydrazine groups is 1. The van der Waals surface area contributed by atoms with Crippen molar-refractivity contribution in [3.8, 4) is 0 Å². The molecule has 2 atom stereocenters. The zero-order chi connectivity index (χ0) is 12.3. The highest BCUT2D eigenvalue weighted by molar-refractivity contribution is 5.81. The van der Waals surface area contributed by atoms with E-state index in [2.05, 4.69) is 24.2 Å². The molecule has 2 unspecified atom stereocenters. The van der Waals surface area contributed by atoms with Crippen LogP contribution in [0.2, 0.25) is 0 Å². The van der Waals surface area contributed by atoms with E-state index in [-0.39, 0.29) is 5.91 Å². The van der Waals surface area contributed by atoms with Gasteiger partial charge >= 0.3 is 0 Å². The van der Waals surface area contributed by atoms with Gasteiger partial charge in [-0.3, -0.25) is 15.1 Å². The predicted octanol–water partition coefficient (Wildman–Crippen LogP) is 1.27. The van der Waals surface area contributed by atoms with Crippen molar-refractivity contribution < 1.29 is 4.79 Å². The Morgan fingerprint density at radius 2 is 2.12 bits per heavy atom. The molecule has 1 aliphatic heterocycles. The number of amides is 1. The lowest BCUT2D eigenvalue weighted by molar-refractivity contribution is -0.130. The van der Waals surface area contributed by atoms with E-state index in [1.54, 1.807) is 0 Å². The second-order valence-corrected chi connectivity index (χ2v) is 5.52. The van der Waals surface area contributed by atoms with Gasteiger partial charge in [-0.25, -0.2) is 5.84 Å². The summed E-state index contributed by atoms with van der Waals surface area (Å²) in [4.78, 5) is 14.1. The lowest BCUT2D eigenvalue weighted by Crippen LogP contribution is -2.49. The van der Waals surface area contributed by atoms with Crippen LogP contribution in [0, 0.1) is 5.41 Å². The summed E-state index contributed by atoms with van der Waals surface area (Å²) >= 11 is 0. The summed E-state index contributed by atoms with van der Waals surface area (Å²) in [6.07, 6.45) is 3.64. The van der Waals surface area contributed by atoms with Crippen LogP contribution in [0.4, 0.5) is 0 Å². The molecule has 16 heavy (non-hydrogen) atoms. The average Bonchev–Trinajstić information content (AvgIpc) is 2.58. The number of carbonyl (C=O) groups is 1. The van der Waals surface area contributed by atoms with E-state index in [9.17, 15) is 4.79 Å². The van der Waals surface area contributed by atoms with Gasteiger partial charge in [0.05, 0.1) is 5.41 Å². The molecule has 3 N–H and O–H groups in total. The van der Waals surface area contributed by atoms with Crippen molar-refractivity contribution in [2.45, 2.75) is 59.0 Å². The average molecular weight is 227 g/mol. The van der Waals surface area contributed by atoms with Crippen molar-refractivity contribution in [3.63, 3.8) is 0 Å². The Balaban J connectivity index is 2.67. The number of nitrogens with zero attached hydrogens (tertiary/aromatic N) is 1. The number of hydrogen-bond donors (Lipinski definition) is 2. The van der Waals surface area contributed by atoms with Gasteiger partial charge in [-0.2, -0.15) is 0 Å². The molecule has 4 nitrogen and oxygen atoms in total. The molecule has 0 aromatic rings. The fourth-order valence-corrected chi connectivity index (χ4v) is 2.57. The van der Waals surface area contributed by atoms with E-state index < -0.39 is 5.41 Å². The first-order valence-electron chi connectivity index (χ1n) is 6.19. The molecule has 1 amide bonds. The molecule has 94 valence electrons. The van der Waals surface area contributed by atoms with E-state index in [4.69, 9.17) is 5.84 Å². The highest BCUT2D eigenvalue weighted by Gasteiger charge is 2.36. The summed E-state index contributed by atoms with van der Waals surface area (Å²) in [7, 11) is 0. The minimum atomic E-state index is -0.416. The maximum absolute atomic E-state index is 11.7. The minimum absolute atomic E-state index is 0.0820. The number of rotatable bonds is 4. The quantitative estimate of drug-likeness (QED) is 0.432. The summed E-state index contributed by atoms with van der Waals surface area (Å²) in [6.45, 7) is 9.15. The third kappa shape index (κ3) is 2.74. The molecule has 0 aromatic carbocycles. The van der Waals surface area contributed by atoms with Crippen LogP contribution in [0.25, 0.3) is 0 Å². The molecule has 1 fully saturated rings. The Labute approximate surface area is 98.5 Å². The maximum atomic E-state index is 11.7. The summed E-state index contributed by atoms with van der Waals surface area (Å²) < 4.78 is 0. The number of nitrogens with two attached hydrogens (primary N) is 1. The monoisotopic (exact) mass is 227 g/mol. The standard InChI is InChI=1S/C12H25N3O/c1-5-10-7-6-9(2)15(10)8-12(3,4)11(16)14-13/h9-10H,5-8,13H2,1-4H3,(H,14,16). The summed E-state index contributed by atoms with van der Waals surface area (Å²) in [5.41, 5.74) is 1.85. The highest BCUT2D eigenvalue weighted by atomic mass is 16.2. The predicted molar refractivity (Wildman–Crippen MR) is 65.6 cm³/mol. The van der Waals surface area contributed by atoms with Gasteiger partial charge in [-0.15, -0.1) is 0 Å². The molecule has 4 heteroatoms. The molecule has 0 aliphatic carbocycles. The van der Waals surface area contributed by atoms with Gasteiger partial charge in [-0.05, 0) is 40.0 Å². The number of carbonyl (C=O) groups excluding carboxylic acids is 1. The minimum Gasteiger partial charge on any atom is -0.297 e. The van der Waals surface area contributed by atoms with E-state index in [0.717, 1.165) is 13.0 Å². The lowest BCUT2D eigenvalue weighted by atomic mass is 9.91. The van der Waals surface area contributed by atoms with Gasteiger partial charge < -0.3 is 0 Å². The molecule has 0 aromatic heterocycles. The second kappa shape index (κ2) is 5.15. The first kappa shape index (κ1) is 13.5. The van der Waals surface area contributed by atoms with E-state index in [1.165, 1.54) is 12.8 Å². The normalized spacial score (nSPS) is 27.1. The van der Waals surface area contributed by atoms with E-state index >= 15 is 0 Å². The molecule has 0 radical (unpaired) electrons. The van der Waals surface area contributed by atoms with Gasteiger partial charge in [-0.1, -0.05) is 6.92 Å². The Morgan fingerprint density at radius 1 is 1.50 bits per heavy atom. The number of nitrogens with one attached hydrogen (secondary N) is 1. The number of likely N-dealkylation sites (tertiary alicyclic amines) is 1. The summed E-state index contributed by atoms with van der Waals surface area (Å²) in [5, 5.41) is 0. The van der Waals surface area contributed by atoms with Gasteiger partial charge in [0.1, 0.15) is 0 Å². The van der Waals surface area contributed by atoms with Crippen LogP contribution in [-0.4, -0.2) is 29.4 Å². The molecule has 0 bridgehead atoms. The van der Waals surface area contributed by atoms with Crippen LogP contribution in [0.3, 0.4) is 0 Å². The Kier molecular flexibility index (Phi) is 4.33. The Morgan fingerprint density at radius 3 is 2.62 bits per heavy atom. The first-order valence-corrected chi connectivity index (χ1v) is 6.19. The molecular formula is C12H25N3O. The molecular weight excluding hydrogens is 202 g/mol. The maximum Gasteiger partial charge on any atom is 0.240 e. The van der Waals surface area contributed by atoms with Crippen molar-refractivity contribution in [2.24, 2.45) is 11.3 Å². The molecule has 0 saturated carbocycles. The van der Waals surface area contributed by atoms with Crippen LogP contribution >= 0.6 is 0 Å². The Hall–Kier alpha value is -0.610. The summed E-state index contributed by atoms with van der Waals surface area (Å²) in [5.74, 6) is 5.13. The van der Waals surface area contributed by atoms with E-state index in [0.29, 0.717) is 12.1 Å². The topological polar surface area (TPSA) is 58.4 Å². The molecule has 1 saturated heterocycles. The van der Waals surface area contributed by atoms with Crippen LogP contribution in [0.5, 0.6) is 0 Å². The molecule has 0 spiro atoms. The van der Waals surface area contributed by atoms with Crippen molar-refractivity contribution in [1.29, 1.82) is 0 Å². The lowest BCUT2D eigenvalue weighted by Gasteiger charge is -2.34. The first-order chi connectivity index (χ1) is 7.42. The SMILES string of the molecule is CCC1CCC(C)N1CC(C)(C)C(=O)NN. The zero-order valence-corrected chi connectivity index (χ0v) is 10.9. The van der Waals surface area contributed by atoms with Gasteiger partial charge in [0, 0.05) is 18.6 Å². The fraction of sp³-hybridized carbons (Fsp3) is 0.917. The zero-order valence-electron chi connectivity index (χ0n) is 10.9. The van der Waals surface area contributed by atoms with Crippen molar-refractivity contribution >= 4 is 5.91 Å². The van der Waals surface area contributed by atoms with Crippen molar-refractivity contribution in [1.82, 2.24) is 10.3 Å². The van der Waals surface area contributed by atoms with Gasteiger partial charge in [0.15, 0.2) is 0 Å². The third-order valence-corrected chi connectivity index (χ3v) is 3.75. The van der Waals surface area contributed by atoms with Crippen LogP contribution in [0.15, 0.2) is 0 Å². The smallest absolute Gasteiger partial charge is 0.240 e. The highest BCUT2D eigenvalue weighted by Crippen LogP contribution is 2.30. The second-order valence-electron chi connectivity index (χ2n) is 5.52. The van der Waals surface area contributed by atoms with Gasteiger partial charge in [0.2, 0.25) is 5.91 Å². The van der Waals surface area contributed by atoms with Crippen molar-refractivity contribution in [3.05, 3.63) is 0 Å². The Bertz CT molecular complexity index is 253.